The van der Waals surface area contributed by atoms with E-state index in [1.54, 1.807) is 0 Å². The zero-order chi connectivity index (χ0) is 15.1. The number of fused-ring (bicyclic) bond motifs is 2. The third-order valence-electron chi connectivity index (χ3n) is 3.26. The highest BCUT2D eigenvalue weighted by Gasteiger charge is 2.33. The molecule has 1 aliphatic carbocycles. The maximum atomic E-state index is 12.5. The van der Waals surface area contributed by atoms with Crippen LogP contribution < -0.4 is 4.72 Å². The van der Waals surface area contributed by atoms with E-state index in [0.717, 1.165) is 0 Å². The summed E-state index contributed by atoms with van der Waals surface area (Å²) in [6.45, 7) is 0. The van der Waals surface area contributed by atoms with Crippen molar-refractivity contribution < 1.29 is 23.1 Å². The van der Waals surface area contributed by atoms with Crippen LogP contribution in [0.4, 0.5) is 5.69 Å². The van der Waals surface area contributed by atoms with Gasteiger partial charge in [0, 0.05) is 11.1 Å². The monoisotopic (exact) mass is 303 g/mol. The van der Waals surface area contributed by atoms with Crippen LogP contribution in [0.25, 0.3) is 0 Å². The average molecular weight is 303 g/mol. The van der Waals surface area contributed by atoms with Crippen molar-refractivity contribution in [3.8, 4) is 5.75 Å². The van der Waals surface area contributed by atoms with Gasteiger partial charge < -0.3 is 5.11 Å². The first-order chi connectivity index (χ1) is 10.0. The van der Waals surface area contributed by atoms with Gasteiger partial charge >= 0.3 is 0 Å². The second-order valence-corrected chi connectivity index (χ2v) is 5.19. The number of carbonyl (C=O) groups is 2. The van der Waals surface area contributed by atoms with Crippen molar-refractivity contribution in [2.75, 3.05) is 4.72 Å². The molecule has 0 aliphatic heterocycles. The van der Waals surface area contributed by atoms with Gasteiger partial charge in [-0.25, -0.2) is 8.42 Å². The third kappa shape index (κ3) is 1.98. The molecule has 21 heavy (non-hydrogen) atoms. The topological polar surface area (TPSA) is 101 Å². The van der Waals surface area contributed by atoms with Gasteiger partial charge in [-0.2, -0.15) is 0 Å². The molecule has 2 aromatic carbocycles. The lowest BCUT2D eigenvalue weighted by molar-refractivity contribution is 0.0977. The Morgan fingerprint density at radius 2 is 1.43 bits per heavy atom. The molecule has 0 saturated heterocycles. The Morgan fingerprint density at radius 1 is 0.857 bits per heavy atom. The second-order valence-electron chi connectivity index (χ2n) is 4.45. The first-order valence-electron chi connectivity index (χ1n) is 5.96. The summed E-state index contributed by atoms with van der Waals surface area (Å²) in [4.78, 5) is 24.9. The number of benzene rings is 2. The van der Waals surface area contributed by atoms with Crippen molar-refractivity contribution in [3.63, 3.8) is 0 Å². The molecule has 0 spiro atoms. The summed E-state index contributed by atoms with van der Waals surface area (Å²) in [5, 5.41) is 9.80. The van der Waals surface area contributed by atoms with Gasteiger partial charge in [0.15, 0.2) is 11.6 Å². The fourth-order valence-electron chi connectivity index (χ4n) is 2.41. The molecule has 0 bridgehead atoms. The predicted molar refractivity (Wildman–Crippen MR) is 75.4 cm³/mol. The fourth-order valence-corrected chi connectivity index (χ4v) is 2.80. The minimum atomic E-state index is -2.96. The molecule has 1 aliphatic rings. The van der Waals surface area contributed by atoms with Gasteiger partial charge in [-0.15, -0.1) is 0 Å². The Morgan fingerprint density at radius 3 is 2.10 bits per heavy atom. The fraction of sp³-hybridized carbons (Fsp3) is 0. The highest BCUT2D eigenvalue weighted by Crippen LogP contribution is 2.35. The zero-order valence-corrected chi connectivity index (χ0v) is 11.4. The molecule has 0 radical (unpaired) electrons. The Balaban J connectivity index is 2.30. The number of phenols is 1. The number of ketones is 2. The molecular formula is C14H9NO5S. The lowest BCUT2D eigenvalue weighted by Crippen LogP contribution is -2.22. The summed E-state index contributed by atoms with van der Waals surface area (Å²) < 4.78 is 23.8. The van der Waals surface area contributed by atoms with E-state index >= 15 is 0 Å². The van der Waals surface area contributed by atoms with Crippen LogP contribution in [0.1, 0.15) is 31.8 Å². The van der Waals surface area contributed by atoms with Crippen LogP contribution in [-0.2, 0) is 10.9 Å². The first kappa shape index (κ1) is 13.3. The van der Waals surface area contributed by atoms with Crippen LogP contribution in [0.15, 0.2) is 36.4 Å². The molecule has 0 fully saturated rings. The summed E-state index contributed by atoms with van der Waals surface area (Å²) >= 11 is 0. The lowest BCUT2D eigenvalue weighted by atomic mass is 9.83. The average Bonchev–Trinajstić information content (AvgIpc) is 2.44. The SMILES string of the molecule is O=C1c2cccc(N[SH](=O)=O)c2C(=O)c2cccc(O)c21. The Labute approximate surface area is 121 Å². The summed E-state index contributed by atoms with van der Waals surface area (Å²) in [5.74, 6) is -1.29. The minimum Gasteiger partial charge on any atom is -0.507 e. The van der Waals surface area contributed by atoms with Gasteiger partial charge in [0.05, 0.1) is 16.8 Å². The van der Waals surface area contributed by atoms with Crippen molar-refractivity contribution in [1.82, 2.24) is 0 Å². The van der Waals surface area contributed by atoms with Crippen LogP contribution in [0.5, 0.6) is 5.75 Å². The third-order valence-corrected chi connectivity index (χ3v) is 3.69. The van der Waals surface area contributed by atoms with Crippen molar-refractivity contribution in [3.05, 3.63) is 58.7 Å². The molecule has 106 valence electrons. The number of hydrogen-bond acceptors (Lipinski definition) is 5. The van der Waals surface area contributed by atoms with Gasteiger partial charge in [0.1, 0.15) is 5.75 Å². The minimum absolute atomic E-state index is 0.000185. The van der Waals surface area contributed by atoms with Crippen molar-refractivity contribution in [2.24, 2.45) is 0 Å². The molecule has 0 aromatic heterocycles. The molecule has 2 aromatic rings. The number of anilines is 1. The molecule has 0 amide bonds. The van der Waals surface area contributed by atoms with Crippen LogP contribution in [0, 0.1) is 0 Å². The Hall–Kier alpha value is -2.67. The van der Waals surface area contributed by atoms with Gasteiger partial charge in [0.25, 0.3) is 0 Å². The number of nitrogens with one attached hydrogen (secondary N) is 1. The molecule has 7 heteroatoms. The van der Waals surface area contributed by atoms with Crippen LogP contribution in [0.2, 0.25) is 0 Å². The standard InChI is InChI=1S/C14H9NO5S/c16-10-6-2-4-8-12(10)14(18)7-3-1-5-9(15-21(19)20)11(7)13(8)17/h1-6,16,21H,(H,15,19,20). The van der Waals surface area contributed by atoms with Crippen LogP contribution >= 0.6 is 0 Å². The van der Waals surface area contributed by atoms with Crippen LogP contribution in [-0.4, -0.2) is 25.1 Å². The number of carbonyl (C=O) groups excluding carboxylic acids is 2. The predicted octanol–water partition coefficient (Wildman–Crippen LogP) is 1.11. The molecular weight excluding hydrogens is 294 g/mol. The number of thiol groups is 1. The molecule has 0 unspecified atom stereocenters. The van der Waals surface area contributed by atoms with E-state index in [0.29, 0.717) is 0 Å². The van der Waals surface area contributed by atoms with Crippen molar-refractivity contribution >= 4 is 28.1 Å². The number of phenolic OH excluding ortho intramolecular Hbond substituents is 1. The normalized spacial score (nSPS) is 13.0. The van der Waals surface area contributed by atoms with E-state index in [9.17, 15) is 23.1 Å². The number of rotatable bonds is 2. The van der Waals surface area contributed by atoms with Gasteiger partial charge in [-0.3, -0.25) is 14.3 Å². The maximum absolute atomic E-state index is 12.5. The highest BCUT2D eigenvalue weighted by atomic mass is 32.2. The van der Waals surface area contributed by atoms with E-state index in [4.69, 9.17) is 0 Å². The van der Waals surface area contributed by atoms with Crippen molar-refractivity contribution in [1.29, 1.82) is 0 Å². The van der Waals surface area contributed by atoms with E-state index in [2.05, 4.69) is 4.72 Å². The Bertz CT molecular complexity index is 862. The van der Waals surface area contributed by atoms with Gasteiger partial charge in [-0.1, -0.05) is 24.3 Å². The summed E-state index contributed by atoms with van der Waals surface area (Å²) in [6, 6.07) is 8.50. The summed E-state index contributed by atoms with van der Waals surface area (Å²) in [5.41, 5.74) is 0.119. The van der Waals surface area contributed by atoms with E-state index < -0.39 is 22.5 Å². The maximum Gasteiger partial charge on any atom is 0.222 e. The van der Waals surface area contributed by atoms with E-state index in [1.165, 1.54) is 36.4 Å². The van der Waals surface area contributed by atoms with Gasteiger partial charge in [0.2, 0.25) is 10.9 Å². The lowest BCUT2D eigenvalue weighted by Gasteiger charge is -2.20. The van der Waals surface area contributed by atoms with E-state index in [1.807, 2.05) is 0 Å². The number of aromatic hydroxyl groups is 1. The van der Waals surface area contributed by atoms with Gasteiger partial charge in [-0.05, 0) is 12.1 Å². The summed E-state index contributed by atoms with van der Waals surface area (Å²) in [6.07, 6.45) is 0. The molecule has 6 nitrogen and oxygen atoms in total. The van der Waals surface area contributed by atoms with Crippen molar-refractivity contribution in [2.45, 2.75) is 0 Å². The van der Waals surface area contributed by atoms with E-state index in [-0.39, 0.29) is 33.7 Å². The summed E-state index contributed by atoms with van der Waals surface area (Å²) in [7, 11) is -2.96. The highest BCUT2D eigenvalue weighted by molar-refractivity contribution is 7.73. The molecule has 0 saturated carbocycles. The smallest absolute Gasteiger partial charge is 0.222 e. The number of hydrogen-bond donors (Lipinski definition) is 3. The largest absolute Gasteiger partial charge is 0.507 e. The second kappa shape index (κ2) is 4.71. The Kier molecular flexibility index (Phi) is 2.99. The first-order valence-corrected chi connectivity index (χ1v) is 7.14. The molecule has 3 rings (SSSR count). The molecule has 0 atom stereocenters. The molecule has 0 heterocycles. The quantitative estimate of drug-likeness (QED) is 0.616. The zero-order valence-electron chi connectivity index (χ0n) is 10.5. The molecule has 2 N–H and O–H groups in total. The van der Waals surface area contributed by atoms with Crippen LogP contribution in [0.3, 0.4) is 0 Å².